The summed E-state index contributed by atoms with van der Waals surface area (Å²) in [7, 11) is 1.55. The number of carbonyl (C=O) groups excluding carboxylic acids is 2. The van der Waals surface area contributed by atoms with Crippen molar-refractivity contribution >= 4 is 17.5 Å². The summed E-state index contributed by atoms with van der Waals surface area (Å²) in [6, 6.07) is 14.1. The summed E-state index contributed by atoms with van der Waals surface area (Å²) in [6.07, 6.45) is 2.09. The normalized spacial score (nSPS) is 13.3. The molecular formula is C18H18N2O3. The summed E-state index contributed by atoms with van der Waals surface area (Å²) >= 11 is 0. The highest BCUT2D eigenvalue weighted by atomic mass is 16.5. The van der Waals surface area contributed by atoms with Crippen LogP contribution >= 0.6 is 0 Å². The second-order valence-electron chi connectivity index (χ2n) is 5.48. The number of para-hydroxylation sites is 2. The molecule has 0 heterocycles. The molecule has 1 saturated carbocycles. The van der Waals surface area contributed by atoms with Crippen LogP contribution < -0.4 is 15.4 Å². The summed E-state index contributed by atoms with van der Waals surface area (Å²) in [4.78, 5) is 24.2. The summed E-state index contributed by atoms with van der Waals surface area (Å²) < 4.78 is 5.21. The third-order valence-electron chi connectivity index (χ3n) is 3.68. The lowest BCUT2D eigenvalue weighted by Gasteiger charge is -2.10. The molecule has 2 N–H and O–H groups in total. The Morgan fingerprint density at radius 3 is 2.17 bits per heavy atom. The molecule has 2 aromatic carbocycles. The number of hydrogen-bond donors (Lipinski definition) is 2. The molecule has 0 unspecified atom stereocenters. The molecular weight excluding hydrogens is 292 g/mol. The fourth-order valence-corrected chi connectivity index (χ4v) is 2.21. The number of nitrogens with one attached hydrogen (secondary N) is 2. The van der Waals surface area contributed by atoms with E-state index in [-0.39, 0.29) is 11.8 Å². The Balaban J connectivity index is 1.68. The van der Waals surface area contributed by atoms with Gasteiger partial charge in [0.2, 0.25) is 0 Å². The molecule has 0 aromatic heterocycles. The van der Waals surface area contributed by atoms with Crippen molar-refractivity contribution in [1.29, 1.82) is 0 Å². The van der Waals surface area contributed by atoms with Crippen LogP contribution in [-0.2, 0) is 0 Å². The van der Waals surface area contributed by atoms with Crippen LogP contribution in [0.15, 0.2) is 48.5 Å². The molecule has 0 spiro atoms. The maximum absolute atomic E-state index is 12.3. The van der Waals surface area contributed by atoms with Gasteiger partial charge in [-0.05, 0) is 49.2 Å². The van der Waals surface area contributed by atoms with Gasteiger partial charge in [0.05, 0.1) is 12.8 Å². The van der Waals surface area contributed by atoms with Crippen LogP contribution in [0.25, 0.3) is 0 Å². The van der Waals surface area contributed by atoms with Crippen molar-refractivity contribution in [2.45, 2.75) is 18.9 Å². The first kappa shape index (κ1) is 15.1. The lowest BCUT2D eigenvalue weighted by Crippen LogP contribution is -2.25. The van der Waals surface area contributed by atoms with E-state index in [9.17, 15) is 9.59 Å². The summed E-state index contributed by atoms with van der Waals surface area (Å²) in [6.45, 7) is 0. The average Bonchev–Trinajstić information content (AvgIpc) is 3.39. The van der Waals surface area contributed by atoms with E-state index < -0.39 is 0 Å². The third kappa shape index (κ3) is 3.69. The standard InChI is InChI=1S/C18H18N2O3/c1-23-16-5-3-2-4-15(16)20-18(22)13-8-6-12(7-9-13)17(21)19-14-10-11-14/h2-9,14H,10-11H2,1H3,(H,19,21)(H,20,22). The van der Waals surface area contributed by atoms with Crippen molar-refractivity contribution in [3.8, 4) is 5.75 Å². The fourth-order valence-electron chi connectivity index (χ4n) is 2.21. The van der Waals surface area contributed by atoms with E-state index in [0.717, 1.165) is 12.8 Å². The van der Waals surface area contributed by atoms with Gasteiger partial charge >= 0.3 is 0 Å². The minimum absolute atomic E-state index is 0.0933. The quantitative estimate of drug-likeness (QED) is 0.892. The van der Waals surface area contributed by atoms with Crippen LogP contribution in [-0.4, -0.2) is 25.0 Å². The third-order valence-corrected chi connectivity index (χ3v) is 3.68. The largest absolute Gasteiger partial charge is 0.495 e. The first-order chi connectivity index (χ1) is 11.2. The number of rotatable bonds is 5. The predicted molar refractivity (Wildman–Crippen MR) is 87.9 cm³/mol. The Labute approximate surface area is 134 Å². The fraction of sp³-hybridized carbons (Fsp3) is 0.222. The Kier molecular flexibility index (Phi) is 4.28. The molecule has 1 fully saturated rings. The second-order valence-corrected chi connectivity index (χ2v) is 5.48. The lowest BCUT2D eigenvalue weighted by atomic mass is 10.1. The summed E-state index contributed by atoms with van der Waals surface area (Å²) in [5, 5.41) is 5.72. The molecule has 1 aliphatic rings. The zero-order valence-electron chi connectivity index (χ0n) is 12.8. The topological polar surface area (TPSA) is 67.4 Å². The summed E-state index contributed by atoms with van der Waals surface area (Å²) in [5.74, 6) is 0.258. The van der Waals surface area contributed by atoms with Crippen molar-refractivity contribution in [3.05, 3.63) is 59.7 Å². The SMILES string of the molecule is COc1ccccc1NC(=O)c1ccc(C(=O)NC2CC2)cc1. The minimum Gasteiger partial charge on any atom is -0.495 e. The van der Waals surface area contributed by atoms with Gasteiger partial charge in [0.1, 0.15) is 5.75 Å². The minimum atomic E-state index is -0.247. The van der Waals surface area contributed by atoms with Gasteiger partial charge in [-0.25, -0.2) is 0 Å². The van der Waals surface area contributed by atoms with Gasteiger partial charge in [0, 0.05) is 17.2 Å². The van der Waals surface area contributed by atoms with Gasteiger partial charge in [-0.1, -0.05) is 12.1 Å². The average molecular weight is 310 g/mol. The maximum Gasteiger partial charge on any atom is 0.255 e. The number of benzene rings is 2. The predicted octanol–water partition coefficient (Wildman–Crippen LogP) is 2.84. The Hall–Kier alpha value is -2.82. The smallest absolute Gasteiger partial charge is 0.255 e. The first-order valence-electron chi connectivity index (χ1n) is 7.52. The van der Waals surface area contributed by atoms with Crippen LogP contribution in [0.2, 0.25) is 0 Å². The zero-order chi connectivity index (χ0) is 16.2. The van der Waals surface area contributed by atoms with E-state index >= 15 is 0 Å². The molecule has 5 heteroatoms. The van der Waals surface area contributed by atoms with Crippen LogP contribution in [0.1, 0.15) is 33.6 Å². The lowest BCUT2D eigenvalue weighted by molar-refractivity contribution is 0.0949. The number of ether oxygens (including phenoxy) is 1. The molecule has 23 heavy (non-hydrogen) atoms. The van der Waals surface area contributed by atoms with E-state index in [1.165, 1.54) is 0 Å². The Morgan fingerprint density at radius 1 is 0.957 bits per heavy atom. The highest BCUT2D eigenvalue weighted by Gasteiger charge is 2.23. The van der Waals surface area contributed by atoms with Gasteiger partial charge in [-0.2, -0.15) is 0 Å². The molecule has 2 aromatic rings. The van der Waals surface area contributed by atoms with Crippen LogP contribution in [0, 0.1) is 0 Å². The van der Waals surface area contributed by atoms with E-state index in [2.05, 4.69) is 10.6 Å². The molecule has 0 aliphatic heterocycles. The monoisotopic (exact) mass is 310 g/mol. The van der Waals surface area contributed by atoms with Crippen molar-refractivity contribution in [2.75, 3.05) is 12.4 Å². The molecule has 3 rings (SSSR count). The van der Waals surface area contributed by atoms with Gasteiger partial charge in [-0.15, -0.1) is 0 Å². The Morgan fingerprint density at radius 2 is 1.57 bits per heavy atom. The number of hydrogen-bond acceptors (Lipinski definition) is 3. The van der Waals surface area contributed by atoms with E-state index in [1.807, 2.05) is 12.1 Å². The van der Waals surface area contributed by atoms with Gasteiger partial charge < -0.3 is 15.4 Å². The highest BCUT2D eigenvalue weighted by molar-refractivity contribution is 6.05. The summed E-state index contributed by atoms with van der Waals surface area (Å²) in [5.41, 5.74) is 1.65. The molecule has 0 radical (unpaired) electrons. The number of methoxy groups -OCH3 is 1. The van der Waals surface area contributed by atoms with Crippen LogP contribution in [0.4, 0.5) is 5.69 Å². The number of carbonyl (C=O) groups is 2. The van der Waals surface area contributed by atoms with Crippen molar-refractivity contribution in [3.63, 3.8) is 0 Å². The number of amides is 2. The molecule has 5 nitrogen and oxygen atoms in total. The maximum atomic E-state index is 12.3. The van der Waals surface area contributed by atoms with Crippen molar-refractivity contribution < 1.29 is 14.3 Å². The van der Waals surface area contributed by atoms with E-state index in [4.69, 9.17) is 4.74 Å². The van der Waals surface area contributed by atoms with Crippen molar-refractivity contribution in [2.24, 2.45) is 0 Å². The first-order valence-corrected chi connectivity index (χ1v) is 7.52. The van der Waals surface area contributed by atoms with Crippen LogP contribution in [0.3, 0.4) is 0 Å². The molecule has 0 saturated heterocycles. The molecule has 118 valence electrons. The van der Waals surface area contributed by atoms with Gasteiger partial charge in [-0.3, -0.25) is 9.59 Å². The van der Waals surface area contributed by atoms with Gasteiger partial charge in [0.15, 0.2) is 0 Å². The molecule has 2 amide bonds. The molecule has 0 bridgehead atoms. The molecule has 1 aliphatic carbocycles. The van der Waals surface area contributed by atoms with E-state index in [0.29, 0.717) is 28.6 Å². The number of anilines is 1. The zero-order valence-corrected chi connectivity index (χ0v) is 12.8. The van der Waals surface area contributed by atoms with E-state index in [1.54, 1.807) is 43.5 Å². The highest BCUT2D eigenvalue weighted by Crippen LogP contribution is 2.24. The second kappa shape index (κ2) is 6.52. The van der Waals surface area contributed by atoms with Crippen molar-refractivity contribution in [1.82, 2.24) is 5.32 Å². The Bertz CT molecular complexity index is 721. The van der Waals surface area contributed by atoms with Gasteiger partial charge in [0.25, 0.3) is 11.8 Å². The molecule has 0 atom stereocenters. The van der Waals surface area contributed by atoms with Crippen LogP contribution in [0.5, 0.6) is 5.75 Å².